The molecule has 0 spiro atoms. The summed E-state index contributed by atoms with van der Waals surface area (Å²) in [5, 5.41) is 20.5. The summed E-state index contributed by atoms with van der Waals surface area (Å²) < 4.78 is 0. The lowest BCUT2D eigenvalue weighted by atomic mass is 9.84. The van der Waals surface area contributed by atoms with Crippen molar-refractivity contribution in [2.24, 2.45) is 5.41 Å². The zero-order valence-corrected chi connectivity index (χ0v) is 6.55. The zero-order valence-electron chi connectivity index (χ0n) is 6.55. The maximum absolute atomic E-state index is 10.4. The molecule has 11 heavy (non-hydrogen) atoms. The van der Waals surface area contributed by atoms with E-state index in [1.54, 1.807) is 6.92 Å². The van der Waals surface area contributed by atoms with E-state index in [2.05, 4.69) is 0 Å². The summed E-state index contributed by atoms with van der Waals surface area (Å²) in [6.07, 6.45) is -0.269. The molecule has 0 saturated carbocycles. The topological polar surface area (TPSA) is 80.3 Å². The van der Waals surface area contributed by atoms with E-state index in [9.17, 15) is 19.8 Å². The molecule has 4 heteroatoms. The monoisotopic (exact) mass is 158 g/mol. The van der Waals surface area contributed by atoms with Crippen molar-refractivity contribution in [3.8, 4) is 0 Å². The Bertz CT molecular complexity index is 175. The molecule has 0 saturated heterocycles. The predicted octanol–water partition coefficient (Wildman–Crippen LogP) is -1.71. The summed E-state index contributed by atoms with van der Waals surface area (Å²) in [6.45, 7) is 2.93. The molecule has 0 rings (SSSR count). The van der Waals surface area contributed by atoms with Crippen LogP contribution in [0.4, 0.5) is 0 Å². The number of carbonyl (C=O) groups is 2. The summed E-state index contributed by atoms with van der Waals surface area (Å²) in [7, 11) is 0. The highest BCUT2D eigenvalue weighted by Crippen LogP contribution is 2.23. The highest BCUT2D eigenvalue weighted by molar-refractivity contribution is 5.78. The fourth-order valence-electron chi connectivity index (χ4n) is 0.660. The van der Waals surface area contributed by atoms with Crippen molar-refractivity contribution in [2.75, 3.05) is 0 Å². The van der Waals surface area contributed by atoms with E-state index < -0.39 is 23.8 Å². The van der Waals surface area contributed by atoms with Gasteiger partial charge in [0.25, 0.3) is 0 Å². The third-order valence-corrected chi connectivity index (χ3v) is 1.81. The highest BCUT2D eigenvalue weighted by atomic mass is 16.4. The Labute approximate surface area is 64.8 Å². The Hall–Kier alpha value is -1.06. The third-order valence-electron chi connectivity index (χ3n) is 1.81. The number of hydrogen-bond acceptors (Lipinski definition) is 4. The molecule has 0 aromatic rings. The van der Waals surface area contributed by atoms with Gasteiger partial charge in [-0.15, -0.1) is 0 Å². The van der Waals surface area contributed by atoms with Crippen molar-refractivity contribution in [1.82, 2.24) is 0 Å². The van der Waals surface area contributed by atoms with Crippen LogP contribution < -0.4 is 10.2 Å². The van der Waals surface area contributed by atoms with Crippen LogP contribution >= 0.6 is 0 Å². The van der Waals surface area contributed by atoms with Gasteiger partial charge in [0, 0.05) is 17.4 Å². The molecule has 1 atom stereocenters. The van der Waals surface area contributed by atoms with E-state index in [0.717, 1.165) is 0 Å². The van der Waals surface area contributed by atoms with Gasteiger partial charge in [0.1, 0.15) is 0 Å². The van der Waals surface area contributed by atoms with Gasteiger partial charge in [0.05, 0.1) is 0 Å². The number of rotatable bonds is 4. The van der Waals surface area contributed by atoms with E-state index in [0.29, 0.717) is 0 Å². The summed E-state index contributed by atoms with van der Waals surface area (Å²) in [5.74, 6) is -2.71. The molecule has 0 aromatic carbocycles. The minimum Gasteiger partial charge on any atom is -0.550 e. The van der Waals surface area contributed by atoms with Gasteiger partial charge in [-0.05, 0) is 12.8 Å². The Morgan fingerprint density at radius 2 is 1.82 bits per heavy atom. The van der Waals surface area contributed by atoms with Crippen LogP contribution in [0.1, 0.15) is 26.7 Å². The molecular weight excluding hydrogens is 148 g/mol. The van der Waals surface area contributed by atoms with E-state index in [1.807, 2.05) is 0 Å². The number of hydrogen-bond donors (Lipinski definition) is 0. The first kappa shape index (κ1) is 9.94. The predicted molar refractivity (Wildman–Crippen MR) is 33.0 cm³/mol. The Kier molecular flexibility index (Phi) is 3.04. The molecule has 64 valence electrons. The largest absolute Gasteiger partial charge is 0.550 e. The quantitative estimate of drug-likeness (QED) is 0.488. The molecule has 0 heterocycles. The standard InChI is InChI=1S/C7H12O4/c1-3-7(2,6(10)11)4-5(8)9/h3-4H2,1-2H3,(H,8,9)(H,10,11)/p-2/t7-/m0/s1. The van der Waals surface area contributed by atoms with Crippen LogP contribution in [0.25, 0.3) is 0 Å². The molecule has 0 aliphatic heterocycles. The molecule has 0 bridgehead atoms. The van der Waals surface area contributed by atoms with Crippen molar-refractivity contribution < 1.29 is 19.8 Å². The number of carboxylic acid groups (broad SMARTS) is 2. The van der Waals surface area contributed by atoms with Gasteiger partial charge in [0.15, 0.2) is 0 Å². The Morgan fingerprint density at radius 3 is 1.91 bits per heavy atom. The lowest BCUT2D eigenvalue weighted by Gasteiger charge is -2.29. The van der Waals surface area contributed by atoms with Gasteiger partial charge in [0.2, 0.25) is 0 Å². The van der Waals surface area contributed by atoms with Crippen molar-refractivity contribution in [2.45, 2.75) is 26.7 Å². The lowest BCUT2D eigenvalue weighted by molar-refractivity contribution is -0.327. The second kappa shape index (κ2) is 3.37. The van der Waals surface area contributed by atoms with Gasteiger partial charge in [-0.3, -0.25) is 0 Å². The van der Waals surface area contributed by atoms with Crippen molar-refractivity contribution in [3.05, 3.63) is 0 Å². The summed E-state index contributed by atoms with van der Waals surface area (Å²) in [6, 6.07) is 0. The van der Waals surface area contributed by atoms with E-state index in [-0.39, 0.29) is 6.42 Å². The van der Waals surface area contributed by atoms with Crippen LogP contribution in [0.3, 0.4) is 0 Å². The summed E-state index contributed by atoms with van der Waals surface area (Å²) >= 11 is 0. The first-order chi connectivity index (χ1) is 4.92. The van der Waals surface area contributed by atoms with Crippen LogP contribution in [-0.4, -0.2) is 11.9 Å². The second-order valence-electron chi connectivity index (χ2n) is 2.75. The smallest absolute Gasteiger partial charge is 0.0477 e. The van der Waals surface area contributed by atoms with Gasteiger partial charge < -0.3 is 19.8 Å². The Morgan fingerprint density at radius 1 is 1.36 bits per heavy atom. The van der Waals surface area contributed by atoms with Crippen LogP contribution in [0.15, 0.2) is 0 Å². The molecule has 0 amide bonds. The van der Waals surface area contributed by atoms with E-state index in [1.165, 1.54) is 6.92 Å². The first-order valence-electron chi connectivity index (χ1n) is 3.33. The fourth-order valence-corrected chi connectivity index (χ4v) is 0.660. The van der Waals surface area contributed by atoms with Crippen LogP contribution in [0, 0.1) is 5.41 Å². The average molecular weight is 158 g/mol. The fraction of sp³-hybridized carbons (Fsp3) is 0.714. The maximum Gasteiger partial charge on any atom is 0.0477 e. The average Bonchev–Trinajstić information content (AvgIpc) is 1.86. The van der Waals surface area contributed by atoms with Gasteiger partial charge in [-0.2, -0.15) is 0 Å². The van der Waals surface area contributed by atoms with E-state index in [4.69, 9.17) is 0 Å². The molecule has 0 aliphatic rings. The SMILES string of the molecule is CC[C@@](C)(CC(=O)[O-])C(=O)[O-]. The van der Waals surface area contributed by atoms with Crippen molar-refractivity contribution >= 4 is 11.9 Å². The van der Waals surface area contributed by atoms with E-state index >= 15 is 0 Å². The molecule has 0 aliphatic carbocycles. The lowest BCUT2D eigenvalue weighted by Crippen LogP contribution is -2.43. The highest BCUT2D eigenvalue weighted by Gasteiger charge is 2.23. The number of aliphatic carboxylic acids is 2. The third kappa shape index (κ3) is 2.57. The van der Waals surface area contributed by atoms with Crippen LogP contribution in [0.2, 0.25) is 0 Å². The van der Waals surface area contributed by atoms with Gasteiger partial charge in [-0.25, -0.2) is 0 Å². The minimum absolute atomic E-state index is 0.226. The van der Waals surface area contributed by atoms with Gasteiger partial charge >= 0.3 is 0 Å². The van der Waals surface area contributed by atoms with Crippen molar-refractivity contribution in [3.63, 3.8) is 0 Å². The maximum atomic E-state index is 10.4. The molecule has 0 fully saturated rings. The summed E-state index contributed by atoms with van der Waals surface area (Å²) in [4.78, 5) is 20.5. The zero-order chi connectivity index (χ0) is 9.07. The van der Waals surface area contributed by atoms with Crippen LogP contribution in [-0.2, 0) is 9.59 Å². The molecular formula is C7H10O4-2. The number of carboxylic acids is 2. The van der Waals surface area contributed by atoms with Crippen molar-refractivity contribution in [1.29, 1.82) is 0 Å². The molecule has 0 unspecified atom stereocenters. The second-order valence-corrected chi connectivity index (χ2v) is 2.75. The molecule has 0 aromatic heterocycles. The van der Waals surface area contributed by atoms with Crippen LogP contribution in [0.5, 0.6) is 0 Å². The minimum atomic E-state index is -1.36. The summed E-state index contributed by atoms with van der Waals surface area (Å²) in [5.41, 5.74) is -1.29. The Balaban J connectivity index is 4.34. The van der Waals surface area contributed by atoms with Gasteiger partial charge in [-0.1, -0.05) is 13.8 Å². The molecule has 4 nitrogen and oxygen atoms in total. The molecule has 0 N–H and O–H groups in total. The normalized spacial score (nSPS) is 15.5. The molecule has 0 radical (unpaired) electrons. The number of carbonyl (C=O) groups excluding carboxylic acids is 2. The first-order valence-corrected chi connectivity index (χ1v) is 3.33.